The van der Waals surface area contributed by atoms with Crippen LogP contribution in [-0.2, 0) is 16.1 Å². The van der Waals surface area contributed by atoms with Crippen molar-refractivity contribution in [2.75, 3.05) is 13.2 Å². The number of nitrogens with one attached hydrogen (secondary N) is 2. The first-order valence-electron chi connectivity index (χ1n) is 8.29. The van der Waals surface area contributed by atoms with E-state index in [4.69, 9.17) is 4.74 Å². The van der Waals surface area contributed by atoms with Crippen LogP contribution in [0.2, 0.25) is 0 Å². The number of nitrogens with zero attached hydrogens (tertiary/aromatic N) is 1. The molecular weight excluding hydrogens is 321 g/mol. The number of halogens is 1. The molecule has 2 aromatic carbocycles. The largest absolute Gasteiger partial charge is 0.381 e. The van der Waals surface area contributed by atoms with Crippen LogP contribution in [0.15, 0.2) is 42.5 Å². The van der Waals surface area contributed by atoms with Crippen molar-refractivity contribution in [2.24, 2.45) is 5.92 Å². The van der Waals surface area contributed by atoms with Gasteiger partial charge in [-0.2, -0.15) is 5.10 Å². The van der Waals surface area contributed by atoms with Gasteiger partial charge in [-0.3, -0.25) is 9.89 Å². The number of benzene rings is 2. The molecule has 0 spiro atoms. The first kappa shape index (κ1) is 15.8. The summed E-state index contributed by atoms with van der Waals surface area (Å²) in [5.74, 6) is -0.327. The van der Waals surface area contributed by atoms with Gasteiger partial charge in [0.25, 0.3) is 0 Å². The second kappa shape index (κ2) is 6.64. The summed E-state index contributed by atoms with van der Waals surface area (Å²) in [7, 11) is 0. The topological polar surface area (TPSA) is 67.0 Å². The molecule has 1 saturated heterocycles. The van der Waals surface area contributed by atoms with Gasteiger partial charge in [0.15, 0.2) is 0 Å². The Morgan fingerprint density at radius 1 is 1.32 bits per heavy atom. The summed E-state index contributed by atoms with van der Waals surface area (Å²) in [4.78, 5) is 12.1. The van der Waals surface area contributed by atoms with E-state index in [9.17, 15) is 9.18 Å². The zero-order valence-electron chi connectivity index (χ0n) is 13.6. The van der Waals surface area contributed by atoms with Crippen molar-refractivity contribution in [2.45, 2.75) is 13.0 Å². The highest BCUT2D eigenvalue weighted by Crippen LogP contribution is 2.27. The molecule has 1 aliphatic heterocycles. The summed E-state index contributed by atoms with van der Waals surface area (Å²) in [5, 5.41) is 11.1. The summed E-state index contributed by atoms with van der Waals surface area (Å²) >= 11 is 0. The van der Waals surface area contributed by atoms with Gasteiger partial charge in [0.1, 0.15) is 11.5 Å². The molecule has 0 bridgehead atoms. The number of fused-ring (bicyclic) bond motifs is 1. The van der Waals surface area contributed by atoms with Crippen LogP contribution < -0.4 is 5.32 Å². The predicted octanol–water partition coefficient (Wildman–Crippen LogP) is 3.02. The highest BCUT2D eigenvalue weighted by molar-refractivity contribution is 5.93. The van der Waals surface area contributed by atoms with Crippen molar-refractivity contribution < 1.29 is 13.9 Å². The molecule has 3 aromatic rings. The van der Waals surface area contributed by atoms with Gasteiger partial charge in [0, 0.05) is 24.1 Å². The number of hydrogen-bond donors (Lipinski definition) is 2. The minimum Gasteiger partial charge on any atom is -0.381 e. The van der Waals surface area contributed by atoms with Crippen LogP contribution in [0.25, 0.3) is 22.2 Å². The third-order valence-electron chi connectivity index (χ3n) is 4.49. The fourth-order valence-electron chi connectivity index (χ4n) is 3.10. The van der Waals surface area contributed by atoms with Crippen LogP contribution >= 0.6 is 0 Å². The van der Waals surface area contributed by atoms with E-state index in [1.807, 2.05) is 24.3 Å². The monoisotopic (exact) mass is 339 g/mol. The van der Waals surface area contributed by atoms with E-state index < -0.39 is 0 Å². The maximum atomic E-state index is 13.5. The number of rotatable bonds is 4. The second-order valence-electron chi connectivity index (χ2n) is 6.24. The molecule has 6 heteroatoms. The summed E-state index contributed by atoms with van der Waals surface area (Å²) in [6, 6.07) is 12.2. The Balaban J connectivity index is 1.57. The molecule has 1 fully saturated rings. The zero-order chi connectivity index (χ0) is 17.2. The van der Waals surface area contributed by atoms with Crippen molar-refractivity contribution in [3.8, 4) is 11.3 Å². The van der Waals surface area contributed by atoms with Gasteiger partial charge in [0.2, 0.25) is 5.91 Å². The first-order valence-corrected chi connectivity index (χ1v) is 8.29. The average molecular weight is 339 g/mol. The van der Waals surface area contributed by atoms with E-state index in [0.717, 1.165) is 28.5 Å². The maximum Gasteiger partial charge on any atom is 0.225 e. The fraction of sp³-hybridized carbons (Fsp3) is 0.263. The third kappa shape index (κ3) is 3.25. The second-order valence-corrected chi connectivity index (χ2v) is 6.24. The molecule has 2 heterocycles. The van der Waals surface area contributed by atoms with Gasteiger partial charge in [-0.05, 0) is 36.2 Å². The Morgan fingerprint density at radius 2 is 2.24 bits per heavy atom. The first-order chi connectivity index (χ1) is 12.2. The Hall–Kier alpha value is -2.73. The lowest BCUT2D eigenvalue weighted by molar-refractivity contribution is -0.125. The lowest BCUT2D eigenvalue weighted by Gasteiger charge is -2.09. The van der Waals surface area contributed by atoms with Crippen LogP contribution in [0.4, 0.5) is 4.39 Å². The van der Waals surface area contributed by atoms with E-state index in [1.165, 1.54) is 12.1 Å². The number of carbonyl (C=O) groups is 1. The molecule has 1 atom stereocenters. The van der Waals surface area contributed by atoms with Crippen molar-refractivity contribution >= 4 is 16.8 Å². The maximum absolute atomic E-state index is 13.5. The lowest BCUT2D eigenvalue weighted by Crippen LogP contribution is -2.30. The molecule has 0 saturated carbocycles. The Kier molecular flexibility index (Phi) is 4.19. The standard InChI is InChI=1S/C19H18FN3O2/c20-15-3-1-2-13(9-15)18-16-8-12(4-5-17(16)22-23-18)10-21-19(24)14-6-7-25-11-14/h1-5,8-9,14H,6-7,10-11H2,(H,21,24)(H,22,23). The molecule has 128 valence electrons. The van der Waals surface area contributed by atoms with Crippen molar-refractivity contribution in [1.29, 1.82) is 0 Å². The van der Waals surface area contributed by atoms with Crippen LogP contribution in [0.3, 0.4) is 0 Å². The van der Waals surface area contributed by atoms with Gasteiger partial charge in [-0.1, -0.05) is 18.2 Å². The van der Waals surface area contributed by atoms with Crippen molar-refractivity contribution in [1.82, 2.24) is 15.5 Å². The molecule has 5 nitrogen and oxygen atoms in total. The quantitative estimate of drug-likeness (QED) is 0.768. The Morgan fingerprint density at radius 3 is 3.04 bits per heavy atom. The number of hydrogen-bond acceptors (Lipinski definition) is 3. The minimum absolute atomic E-state index is 0.0233. The van der Waals surface area contributed by atoms with Crippen LogP contribution in [0.1, 0.15) is 12.0 Å². The molecule has 4 rings (SSSR count). The van der Waals surface area contributed by atoms with E-state index >= 15 is 0 Å². The highest BCUT2D eigenvalue weighted by Gasteiger charge is 2.23. The van der Waals surface area contributed by atoms with Gasteiger partial charge in [-0.25, -0.2) is 4.39 Å². The normalized spacial score (nSPS) is 17.1. The number of ether oxygens (including phenoxy) is 1. The molecule has 0 aliphatic carbocycles. The van der Waals surface area contributed by atoms with E-state index in [0.29, 0.717) is 25.5 Å². The predicted molar refractivity (Wildman–Crippen MR) is 92.3 cm³/mol. The van der Waals surface area contributed by atoms with Gasteiger partial charge >= 0.3 is 0 Å². The Bertz CT molecular complexity index is 916. The number of H-pyrrole nitrogens is 1. The smallest absolute Gasteiger partial charge is 0.225 e. The number of aromatic amines is 1. The molecular formula is C19H18FN3O2. The van der Waals surface area contributed by atoms with Crippen LogP contribution in [0, 0.1) is 11.7 Å². The van der Waals surface area contributed by atoms with Gasteiger partial charge in [0.05, 0.1) is 18.0 Å². The number of carbonyl (C=O) groups excluding carboxylic acids is 1. The molecule has 0 radical (unpaired) electrons. The van der Waals surface area contributed by atoms with E-state index in [1.54, 1.807) is 6.07 Å². The minimum atomic E-state index is -0.296. The lowest BCUT2D eigenvalue weighted by atomic mass is 10.0. The summed E-state index contributed by atoms with van der Waals surface area (Å²) in [6.45, 7) is 1.59. The third-order valence-corrected chi connectivity index (χ3v) is 4.49. The highest BCUT2D eigenvalue weighted by atomic mass is 19.1. The molecule has 1 aromatic heterocycles. The molecule has 1 aliphatic rings. The van der Waals surface area contributed by atoms with Crippen molar-refractivity contribution in [3.63, 3.8) is 0 Å². The van der Waals surface area contributed by atoms with E-state index in [2.05, 4.69) is 15.5 Å². The molecule has 1 unspecified atom stereocenters. The molecule has 1 amide bonds. The summed E-state index contributed by atoms with van der Waals surface area (Å²) < 4.78 is 18.7. The average Bonchev–Trinajstić information content (AvgIpc) is 3.29. The SMILES string of the molecule is O=C(NCc1ccc2[nH]nc(-c3cccc(F)c3)c2c1)C1CCOC1. The van der Waals surface area contributed by atoms with Crippen molar-refractivity contribution in [3.05, 3.63) is 53.8 Å². The Labute approximate surface area is 144 Å². The number of amides is 1. The van der Waals surface area contributed by atoms with Gasteiger partial charge in [-0.15, -0.1) is 0 Å². The zero-order valence-corrected chi connectivity index (χ0v) is 13.6. The molecule has 2 N–H and O–H groups in total. The van der Waals surface area contributed by atoms with Crippen LogP contribution in [-0.4, -0.2) is 29.3 Å². The van der Waals surface area contributed by atoms with E-state index in [-0.39, 0.29) is 17.6 Å². The summed E-state index contributed by atoms with van der Waals surface area (Å²) in [6.07, 6.45) is 0.774. The number of aromatic nitrogens is 2. The van der Waals surface area contributed by atoms with Gasteiger partial charge < -0.3 is 10.1 Å². The summed E-state index contributed by atoms with van der Waals surface area (Å²) in [5.41, 5.74) is 3.26. The van der Waals surface area contributed by atoms with Crippen LogP contribution in [0.5, 0.6) is 0 Å². The fourth-order valence-corrected chi connectivity index (χ4v) is 3.10. The molecule has 25 heavy (non-hydrogen) atoms.